The second kappa shape index (κ2) is 7.16. The third-order valence-electron chi connectivity index (χ3n) is 6.27. The van der Waals surface area contributed by atoms with Gasteiger partial charge in [0.2, 0.25) is 0 Å². The summed E-state index contributed by atoms with van der Waals surface area (Å²) in [7, 11) is 2.25. The number of hydrogen-bond acceptors (Lipinski definition) is 5. The van der Waals surface area contributed by atoms with E-state index in [1.807, 2.05) is 13.3 Å². The Balaban J connectivity index is 1.47. The zero-order valence-electron chi connectivity index (χ0n) is 16.3. The van der Waals surface area contributed by atoms with Crippen LogP contribution in [-0.4, -0.2) is 57.8 Å². The molecule has 0 radical (unpaired) electrons. The van der Waals surface area contributed by atoms with Gasteiger partial charge < -0.3 is 13.9 Å². The van der Waals surface area contributed by atoms with E-state index >= 15 is 0 Å². The molecule has 2 aliphatic rings. The van der Waals surface area contributed by atoms with Gasteiger partial charge in [-0.3, -0.25) is 4.90 Å². The van der Waals surface area contributed by atoms with Crippen LogP contribution in [0, 0.1) is 12.3 Å². The lowest BCUT2D eigenvalue weighted by atomic mass is 9.70. The molecule has 2 aliphatic heterocycles. The molecule has 142 valence electrons. The zero-order chi connectivity index (χ0) is 18.1. The van der Waals surface area contributed by atoms with Gasteiger partial charge in [0.05, 0.1) is 6.54 Å². The van der Waals surface area contributed by atoms with Crippen molar-refractivity contribution >= 4 is 0 Å². The molecule has 2 aromatic heterocycles. The molecule has 0 amide bonds. The molecule has 1 unspecified atom stereocenters. The summed E-state index contributed by atoms with van der Waals surface area (Å²) in [6, 6.07) is 4.17. The molecular weight excluding hydrogens is 326 g/mol. The fourth-order valence-corrected chi connectivity index (χ4v) is 4.97. The third kappa shape index (κ3) is 3.32. The molecule has 0 N–H and O–H groups in total. The Hall–Kier alpha value is -1.66. The Morgan fingerprint density at radius 2 is 2.08 bits per heavy atom. The SMILES string of the molecule is CCCn1cnnc1C1CN(C)CC12CCN(Cc1ccc(C)o1)CC2. The first kappa shape index (κ1) is 17.7. The maximum atomic E-state index is 5.77. The lowest BCUT2D eigenvalue weighted by molar-refractivity contribution is 0.0864. The summed E-state index contributed by atoms with van der Waals surface area (Å²) in [4.78, 5) is 5.02. The number of aromatic nitrogens is 3. The zero-order valence-corrected chi connectivity index (χ0v) is 16.3. The van der Waals surface area contributed by atoms with Crippen LogP contribution in [0.15, 0.2) is 22.9 Å². The van der Waals surface area contributed by atoms with E-state index in [0.29, 0.717) is 11.3 Å². The number of rotatable bonds is 5. The van der Waals surface area contributed by atoms with Gasteiger partial charge >= 0.3 is 0 Å². The van der Waals surface area contributed by atoms with Crippen molar-refractivity contribution in [1.82, 2.24) is 24.6 Å². The normalized spacial score (nSPS) is 23.9. The Morgan fingerprint density at radius 1 is 1.27 bits per heavy atom. The fourth-order valence-electron chi connectivity index (χ4n) is 4.97. The van der Waals surface area contributed by atoms with Gasteiger partial charge in [0.1, 0.15) is 23.7 Å². The lowest BCUT2D eigenvalue weighted by Crippen LogP contribution is -2.43. The molecule has 4 heterocycles. The first-order valence-corrected chi connectivity index (χ1v) is 9.93. The van der Waals surface area contributed by atoms with Crippen LogP contribution in [0.4, 0.5) is 0 Å². The first-order chi connectivity index (χ1) is 12.6. The molecule has 0 bridgehead atoms. The number of likely N-dealkylation sites (tertiary alicyclic amines) is 2. The molecule has 0 aromatic carbocycles. The molecule has 6 heteroatoms. The van der Waals surface area contributed by atoms with Gasteiger partial charge in [-0.05, 0) is 63.9 Å². The molecule has 0 saturated carbocycles. The van der Waals surface area contributed by atoms with Gasteiger partial charge in [-0.2, -0.15) is 0 Å². The second-order valence-corrected chi connectivity index (χ2v) is 8.28. The van der Waals surface area contributed by atoms with Crippen molar-refractivity contribution < 1.29 is 4.42 Å². The highest BCUT2D eigenvalue weighted by atomic mass is 16.3. The quantitative estimate of drug-likeness (QED) is 0.823. The van der Waals surface area contributed by atoms with Crippen molar-refractivity contribution in [3.63, 3.8) is 0 Å². The van der Waals surface area contributed by atoms with Crippen LogP contribution in [-0.2, 0) is 13.1 Å². The Labute approximate surface area is 156 Å². The minimum absolute atomic E-state index is 0.336. The van der Waals surface area contributed by atoms with Gasteiger partial charge in [-0.25, -0.2) is 0 Å². The summed E-state index contributed by atoms with van der Waals surface area (Å²) in [5.74, 6) is 3.78. The van der Waals surface area contributed by atoms with E-state index in [1.54, 1.807) is 0 Å². The highest BCUT2D eigenvalue weighted by Gasteiger charge is 2.49. The number of piperidine rings is 1. The standard InChI is InChI=1S/C20H31N5O/c1-4-9-25-15-21-22-19(25)18-13-23(3)14-20(18)7-10-24(11-8-20)12-17-6-5-16(2)26-17/h5-6,15,18H,4,7-14H2,1-3H3. The Kier molecular flexibility index (Phi) is 4.88. The molecule has 1 atom stereocenters. The van der Waals surface area contributed by atoms with Gasteiger partial charge in [0, 0.05) is 25.6 Å². The highest BCUT2D eigenvalue weighted by molar-refractivity contribution is 5.13. The van der Waals surface area contributed by atoms with Crippen LogP contribution in [0.2, 0.25) is 0 Å². The van der Waals surface area contributed by atoms with Crippen molar-refractivity contribution in [2.75, 3.05) is 33.2 Å². The minimum atomic E-state index is 0.336. The van der Waals surface area contributed by atoms with Gasteiger partial charge in [0.25, 0.3) is 0 Å². The first-order valence-electron chi connectivity index (χ1n) is 9.93. The Morgan fingerprint density at radius 3 is 2.77 bits per heavy atom. The van der Waals surface area contributed by atoms with Gasteiger partial charge in [-0.15, -0.1) is 10.2 Å². The van der Waals surface area contributed by atoms with Crippen LogP contribution in [0.25, 0.3) is 0 Å². The molecule has 2 fully saturated rings. The number of nitrogens with zero attached hydrogens (tertiary/aromatic N) is 5. The van der Waals surface area contributed by atoms with E-state index in [0.717, 1.165) is 50.7 Å². The number of likely N-dealkylation sites (N-methyl/N-ethyl adjacent to an activating group) is 1. The van der Waals surface area contributed by atoms with E-state index in [4.69, 9.17) is 4.42 Å². The molecule has 0 aliphatic carbocycles. The predicted octanol–water partition coefficient (Wildman–Crippen LogP) is 2.90. The monoisotopic (exact) mass is 357 g/mol. The summed E-state index contributed by atoms with van der Waals surface area (Å²) in [5, 5.41) is 8.78. The van der Waals surface area contributed by atoms with Crippen LogP contribution in [0.3, 0.4) is 0 Å². The van der Waals surface area contributed by atoms with Crippen molar-refractivity contribution in [3.8, 4) is 0 Å². The summed E-state index contributed by atoms with van der Waals surface area (Å²) in [5.41, 5.74) is 0.336. The summed E-state index contributed by atoms with van der Waals surface area (Å²) < 4.78 is 8.05. The maximum absolute atomic E-state index is 5.77. The average Bonchev–Trinajstić information content (AvgIpc) is 3.30. The van der Waals surface area contributed by atoms with E-state index in [1.165, 1.54) is 25.2 Å². The topological polar surface area (TPSA) is 50.3 Å². The van der Waals surface area contributed by atoms with Crippen LogP contribution in [0.5, 0.6) is 0 Å². The van der Waals surface area contributed by atoms with Gasteiger partial charge in [0.15, 0.2) is 0 Å². The maximum Gasteiger partial charge on any atom is 0.137 e. The van der Waals surface area contributed by atoms with E-state index in [2.05, 4.69) is 50.7 Å². The number of furan rings is 1. The smallest absolute Gasteiger partial charge is 0.137 e. The van der Waals surface area contributed by atoms with Crippen LogP contribution < -0.4 is 0 Å². The largest absolute Gasteiger partial charge is 0.465 e. The summed E-state index contributed by atoms with van der Waals surface area (Å²) in [6.45, 7) is 10.7. The summed E-state index contributed by atoms with van der Waals surface area (Å²) >= 11 is 0. The number of aryl methyl sites for hydroxylation is 2. The summed E-state index contributed by atoms with van der Waals surface area (Å²) in [6.07, 6.45) is 5.48. The van der Waals surface area contributed by atoms with Crippen molar-refractivity contribution in [1.29, 1.82) is 0 Å². The average molecular weight is 358 g/mol. The molecule has 1 spiro atoms. The van der Waals surface area contributed by atoms with Crippen molar-refractivity contribution in [2.45, 2.75) is 52.1 Å². The molecule has 2 saturated heterocycles. The second-order valence-electron chi connectivity index (χ2n) is 8.28. The lowest BCUT2D eigenvalue weighted by Gasteiger charge is -2.42. The van der Waals surface area contributed by atoms with E-state index < -0.39 is 0 Å². The molecule has 26 heavy (non-hydrogen) atoms. The van der Waals surface area contributed by atoms with Crippen molar-refractivity contribution in [3.05, 3.63) is 35.8 Å². The number of hydrogen-bond donors (Lipinski definition) is 0. The molecular formula is C20H31N5O. The minimum Gasteiger partial charge on any atom is -0.465 e. The third-order valence-corrected chi connectivity index (χ3v) is 6.27. The van der Waals surface area contributed by atoms with Gasteiger partial charge in [-0.1, -0.05) is 6.92 Å². The molecule has 6 nitrogen and oxygen atoms in total. The van der Waals surface area contributed by atoms with Crippen LogP contribution in [0.1, 0.15) is 49.4 Å². The highest BCUT2D eigenvalue weighted by Crippen LogP contribution is 2.49. The molecule has 4 rings (SSSR count). The Bertz CT molecular complexity index is 728. The van der Waals surface area contributed by atoms with E-state index in [9.17, 15) is 0 Å². The van der Waals surface area contributed by atoms with E-state index in [-0.39, 0.29) is 0 Å². The predicted molar refractivity (Wildman–Crippen MR) is 101 cm³/mol. The fraction of sp³-hybridized carbons (Fsp3) is 0.700. The molecule has 2 aromatic rings. The van der Waals surface area contributed by atoms with Crippen molar-refractivity contribution in [2.24, 2.45) is 5.41 Å². The van der Waals surface area contributed by atoms with Crippen LogP contribution >= 0.6 is 0 Å².